The molecule has 1 atom stereocenters. The molecule has 2 aromatic carbocycles. The maximum atomic E-state index is 12.0. The molecule has 24 heavy (non-hydrogen) atoms. The molecule has 0 heterocycles. The van der Waals surface area contributed by atoms with Crippen molar-refractivity contribution in [2.75, 3.05) is 0 Å². The van der Waals surface area contributed by atoms with Gasteiger partial charge >= 0.3 is 0 Å². The van der Waals surface area contributed by atoms with Gasteiger partial charge in [-0.15, -0.1) is 0 Å². The van der Waals surface area contributed by atoms with E-state index < -0.39 is 6.04 Å². The van der Waals surface area contributed by atoms with Crippen LogP contribution >= 0.6 is 11.6 Å². The zero-order valence-electron chi connectivity index (χ0n) is 14.0. The summed E-state index contributed by atoms with van der Waals surface area (Å²) in [5.41, 5.74) is 7.85. The van der Waals surface area contributed by atoms with Crippen LogP contribution in [0.3, 0.4) is 0 Å². The van der Waals surface area contributed by atoms with Crippen LogP contribution in [0, 0.1) is 5.92 Å². The lowest BCUT2D eigenvalue weighted by Crippen LogP contribution is -2.43. The number of amides is 1. The summed E-state index contributed by atoms with van der Waals surface area (Å²) in [5, 5.41) is 3.46. The first-order valence-electron chi connectivity index (χ1n) is 7.96. The van der Waals surface area contributed by atoms with Crippen molar-refractivity contribution in [3.05, 3.63) is 64.7 Å². The minimum absolute atomic E-state index is 0.101. The SMILES string of the molecule is CC(C)C(N)C(=O)NCc1ccccc1COc1ccccc1Cl. The van der Waals surface area contributed by atoms with E-state index in [4.69, 9.17) is 22.1 Å². The van der Waals surface area contributed by atoms with Crippen LogP contribution in [0.4, 0.5) is 0 Å². The summed E-state index contributed by atoms with van der Waals surface area (Å²) in [6.07, 6.45) is 0. The van der Waals surface area contributed by atoms with Crippen molar-refractivity contribution in [1.82, 2.24) is 5.32 Å². The number of nitrogens with one attached hydrogen (secondary N) is 1. The normalized spacial score (nSPS) is 12.0. The zero-order chi connectivity index (χ0) is 17.5. The number of benzene rings is 2. The Morgan fingerprint density at radius 2 is 1.75 bits per heavy atom. The molecule has 0 aromatic heterocycles. The number of nitrogens with two attached hydrogens (primary N) is 1. The van der Waals surface area contributed by atoms with Gasteiger partial charge < -0.3 is 15.8 Å². The maximum Gasteiger partial charge on any atom is 0.237 e. The number of hydrogen-bond acceptors (Lipinski definition) is 3. The van der Waals surface area contributed by atoms with E-state index in [0.717, 1.165) is 11.1 Å². The fourth-order valence-electron chi connectivity index (χ4n) is 2.19. The van der Waals surface area contributed by atoms with Crippen molar-refractivity contribution in [2.24, 2.45) is 11.7 Å². The number of rotatable bonds is 7. The van der Waals surface area contributed by atoms with Crippen LogP contribution in [-0.2, 0) is 17.9 Å². The van der Waals surface area contributed by atoms with E-state index in [9.17, 15) is 4.79 Å². The third kappa shape index (κ3) is 4.98. The van der Waals surface area contributed by atoms with E-state index in [2.05, 4.69) is 5.32 Å². The molecule has 128 valence electrons. The summed E-state index contributed by atoms with van der Waals surface area (Å²) in [4.78, 5) is 12.0. The average molecular weight is 347 g/mol. The standard InChI is InChI=1S/C19H23ClN2O2/c1-13(2)18(21)19(23)22-11-14-7-3-4-8-15(14)12-24-17-10-6-5-9-16(17)20/h3-10,13,18H,11-12,21H2,1-2H3,(H,22,23). The van der Waals surface area contributed by atoms with Crippen molar-refractivity contribution >= 4 is 17.5 Å². The largest absolute Gasteiger partial charge is 0.487 e. The summed E-state index contributed by atoms with van der Waals surface area (Å²) in [5.74, 6) is 0.593. The van der Waals surface area contributed by atoms with Gasteiger partial charge in [-0.25, -0.2) is 0 Å². The number of hydrogen-bond donors (Lipinski definition) is 2. The first-order chi connectivity index (χ1) is 11.5. The quantitative estimate of drug-likeness (QED) is 0.806. The fraction of sp³-hybridized carbons (Fsp3) is 0.316. The van der Waals surface area contributed by atoms with E-state index in [1.54, 1.807) is 6.07 Å². The summed E-state index contributed by atoms with van der Waals surface area (Å²) in [7, 11) is 0. The lowest BCUT2D eigenvalue weighted by atomic mass is 10.0. The highest BCUT2D eigenvalue weighted by Crippen LogP contribution is 2.24. The van der Waals surface area contributed by atoms with Gasteiger partial charge in [0.15, 0.2) is 0 Å². The number of carbonyl (C=O) groups excluding carboxylic acids is 1. The maximum absolute atomic E-state index is 12.0. The molecule has 0 aliphatic rings. The van der Waals surface area contributed by atoms with Gasteiger partial charge in [0.1, 0.15) is 12.4 Å². The third-order valence-corrected chi connectivity index (χ3v) is 4.12. The van der Waals surface area contributed by atoms with Crippen LogP contribution in [-0.4, -0.2) is 11.9 Å². The molecule has 1 amide bonds. The first kappa shape index (κ1) is 18.3. The van der Waals surface area contributed by atoms with Crippen molar-refractivity contribution in [1.29, 1.82) is 0 Å². The minimum Gasteiger partial charge on any atom is -0.487 e. The molecule has 0 radical (unpaired) electrons. The molecule has 0 aliphatic carbocycles. The lowest BCUT2D eigenvalue weighted by Gasteiger charge is -2.17. The first-order valence-corrected chi connectivity index (χ1v) is 8.34. The number of ether oxygens (including phenoxy) is 1. The molecule has 0 fully saturated rings. The molecular formula is C19H23ClN2O2. The Hall–Kier alpha value is -2.04. The fourth-order valence-corrected chi connectivity index (χ4v) is 2.38. The van der Waals surface area contributed by atoms with Crippen LogP contribution in [0.1, 0.15) is 25.0 Å². The number of halogens is 1. The second-order valence-corrected chi connectivity index (χ2v) is 6.38. The van der Waals surface area contributed by atoms with Crippen LogP contribution in [0.5, 0.6) is 5.75 Å². The molecule has 2 rings (SSSR count). The molecule has 5 heteroatoms. The van der Waals surface area contributed by atoms with Gasteiger partial charge in [0.05, 0.1) is 11.1 Å². The van der Waals surface area contributed by atoms with Crippen LogP contribution < -0.4 is 15.8 Å². The van der Waals surface area contributed by atoms with Crippen LogP contribution in [0.25, 0.3) is 0 Å². The summed E-state index contributed by atoms with van der Waals surface area (Å²) in [6.45, 7) is 4.65. The molecule has 0 spiro atoms. The van der Waals surface area contributed by atoms with Crippen LogP contribution in [0.2, 0.25) is 5.02 Å². The second-order valence-electron chi connectivity index (χ2n) is 5.98. The Kier molecular flexibility index (Phi) is 6.64. The minimum atomic E-state index is -0.503. The second kappa shape index (κ2) is 8.71. The summed E-state index contributed by atoms with van der Waals surface area (Å²) in [6, 6.07) is 14.7. The molecule has 0 saturated carbocycles. The topological polar surface area (TPSA) is 64.4 Å². The van der Waals surface area contributed by atoms with E-state index in [1.807, 2.05) is 56.3 Å². The predicted molar refractivity (Wildman–Crippen MR) is 96.9 cm³/mol. The van der Waals surface area contributed by atoms with E-state index in [-0.39, 0.29) is 11.8 Å². The molecule has 4 nitrogen and oxygen atoms in total. The van der Waals surface area contributed by atoms with Gasteiger partial charge in [-0.05, 0) is 29.2 Å². The van der Waals surface area contributed by atoms with Gasteiger partial charge in [-0.3, -0.25) is 4.79 Å². The van der Waals surface area contributed by atoms with E-state index in [0.29, 0.717) is 23.9 Å². The Balaban J connectivity index is 2.00. The average Bonchev–Trinajstić information content (AvgIpc) is 2.59. The molecule has 3 N–H and O–H groups in total. The molecule has 1 unspecified atom stereocenters. The predicted octanol–water partition coefficient (Wildman–Crippen LogP) is 3.52. The summed E-state index contributed by atoms with van der Waals surface area (Å²) >= 11 is 6.10. The molecule has 0 saturated heterocycles. The van der Waals surface area contributed by atoms with Crippen molar-refractivity contribution < 1.29 is 9.53 Å². The Bertz CT molecular complexity index is 689. The van der Waals surface area contributed by atoms with E-state index in [1.165, 1.54) is 0 Å². The smallest absolute Gasteiger partial charge is 0.237 e. The van der Waals surface area contributed by atoms with Gasteiger partial charge in [0.25, 0.3) is 0 Å². The highest BCUT2D eigenvalue weighted by atomic mass is 35.5. The molecule has 0 bridgehead atoms. The lowest BCUT2D eigenvalue weighted by molar-refractivity contribution is -0.123. The van der Waals surface area contributed by atoms with Gasteiger partial charge in [0.2, 0.25) is 5.91 Å². The highest BCUT2D eigenvalue weighted by molar-refractivity contribution is 6.32. The number of carbonyl (C=O) groups is 1. The Labute approximate surface area is 148 Å². The van der Waals surface area contributed by atoms with Gasteiger partial charge in [-0.1, -0.05) is 61.8 Å². The highest BCUT2D eigenvalue weighted by Gasteiger charge is 2.17. The Morgan fingerprint density at radius 3 is 2.42 bits per heavy atom. The van der Waals surface area contributed by atoms with Crippen molar-refractivity contribution in [3.63, 3.8) is 0 Å². The van der Waals surface area contributed by atoms with Crippen molar-refractivity contribution in [2.45, 2.75) is 33.0 Å². The molecule has 0 aliphatic heterocycles. The van der Waals surface area contributed by atoms with Crippen molar-refractivity contribution in [3.8, 4) is 5.75 Å². The number of para-hydroxylation sites is 1. The van der Waals surface area contributed by atoms with Gasteiger partial charge in [0, 0.05) is 6.54 Å². The third-order valence-electron chi connectivity index (χ3n) is 3.81. The van der Waals surface area contributed by atoms with Gasteiger partial charge in [-0.2, -0.15) is 0 Å². The molecular weight excluding hydrogens is 324 g/mol. The molecule has 2 aromatic rings. The van der Waals surface area contributed by atoms with E-state index >= 15 is 0 Å². The summed E-state index contributed by atoms with van der Waals surface area (Å²) < 4.78 is 5.79. The zero-order valence-corrected chi connectivity index (χ0v) is 14.7. The van der Waals surface area contributed by atoms with Crippen LogP contribution in [0.15, 0.2) is 48.5 Å². The monoisotopic (exact) mass is 346 g/mol. The Morgan fingerprint density at radius 1 is 1.12 bits per heavy atom.